The van der Waals surface area contributed by atoms with Gasteiger partial charge in [0.1, 0.15) is 11.6 Å². The van der Waals surface area contributed by atoms with Crippen molar-refractivity contribution in [3.8, 4) is 5.75 Å². The minimum absolute atomic E-state index is 0.695. The Bertz CT molecular complexity index is 760. The van der Waals surface area contributed by atoms with Crippen molar-refractivity contribution in [1.29, 1.82) is 0 Å². The van der Waals surface area contributed by atoms with E-state index in [2.05, 4.69) is 69.7 Å². The summed E-state index contributed by atoms with van der Waals surface area (Å²) in [6, 6.07) is 8.41. The maximum atomic E-state index is 5.56. The lowest BCUT2D eigenvalue weighted by Crippen LogP contribution is -2.42. The van der Waals surface area contributed by atoms with Gasteiger partial charge in [-0.1, -0.05) is 18.2 Å². The Labute approximate surface area is 182 Å². The van der Waals surface area contributed by atoms with Crippen LogP contribution in [0.2, 0.25) is 0 Å². The molecule has 0 aliphatic carbocycles. The Balaban J connectivity index is 1.61. The van der Waals surface area contributed by atoms with Gasteiger partial charge in [-0.2, -0.15) is 0 Å². The Morgan fingerprint density at radius 3 is 2.80 bits per heavy atom. The van der Waals surface area contributed by atoms with Crippen LogP contribution in [0.1, 0.15) is 31.2 Å². The number of piperidine rings is 1. The van der Waals surface area contributed by atoms with Crippen molar-refractivity contribution in [2.45, 2.75) is 39.4 Å². The molecule has 1 aliphatic heterocycles. The third-order valence-corrected chi connectivity index (χ3v) is 6.08. The molecule has 0 saturated carbocycles. The number of likely N-dealkylation sites (N-methyl/N-ethyl adjacent to an activating group) is 1. The van der Waals surface area contributed by atoms with Gasteiger partial charge in [0.05, 0.1) is 13.7 Å². The van der Waals surface area contributed by atoms with Gasteiger partial charge in [0.15, 0.2) is 0 Å². The molecule has 2 heterocycles. The first-order valence-corrected chi connectivity index (χ1v) is 11.3. The van der Waals surface area contributed by atoms with Gasteiger partial charge >= 0.3 is 0 Å². The fourth-order valence-electron chi connectivity index (χ4n) is 4.44. The van der Waals surface area contributed by atoms with E-state index in [0.29, 0.717) is 5.92 Å². The van der Waals surface area contributed by atoms with E-state index in [1.807, 2.05) is 12.3 Å². The zero-order chi connectivity index (χ0) is 21.3. The second-order valence-electron chi connectivity index (χ2n) is 8.72. The Kier molecular flexibility index (Phi) is 8.73. The van der Waals surface area contributed by atoms with Crippen LogP contribution in [0.4, 0.5) is 0 Å². The first-order chi connectivity index (χ1) is 14.6. The van der Waals surface area contributed by atoms with E-state index >= 15 is 0 Å². The molecule has 1 saturated heterocycles. The van der Waals surface area contributed by atoms with Crippen molar-refractivity contribution >= 4 is 0 Å². The summed E-state index contributed by atoms with van der Waals surface area (Å²) in [4.78, 5) is 12.1. The summed E-state index contributed by atoms with van der Waals surface area (Å²) in [5, 5.41) is 0. The van der Waals surface area contributed by atoms with Crippen LogP contribution in [0.3, 0.4) is 0 Å². The van der Waals surface area contributed by atoms with Crippen molar-refractivity contribution in [2.75, 3.05) is 53.9 Å². The van der Waals surface area contributed by atoms with Gasteiger partial charge < -0.3 is 14.2 Å². The van der Waals surface area contributed by atoms with E-state index in [1.165, 1.54) is 30.8 Å². The molecule has 0 spiro atoms. The summed E-state index contributed by atoms with van der Waals surface area (Å²) in [6.45, 7) is 10.7. The molecule has 6 heteroatoms. The fourth-order valence-corrected chi connectivity index (χ4v) is 4.44. The van der Waals surface area contributed by atoms with Crippen LogP contribution in [-0.2, 0) is 19.6 Å². The van der Waals surface area contributed by atoms with Gasteiger partial charge in [-0.3, -0.25) is 9.80 Å². The lowest BCUT2D eigenvalue weighted by atomic mass is 9.96. The molecule has 1 aromatic carbocycles. The molecule has 0 N–H and O–H groups in total. The van der Waals surface area contributed by atoms with Crippen LogP contribution in [0.5, 0.6) is 5.75 Å². The maximum Gasteiger partial charge on any atom is 0.123 e. The number of nitrogens with zero attached hydrogens (tertiary/aromatic N) is 5. The number of hydrogen-bond donors (Lipinski definition) is 0. The van der Waals surface area contributed by atoms with E-state index in [9.17, 15) is 0 Å². The van der Waals surface area contributed by atoms with Gasteiger partial charge in [0.25, 0.3) is 0 Å². The summed E-state index contributed by atoms with van der Waals surface area (Å²) in [5.41, 5.74) is 1.29. The van der Waals surface area contributed by atoms with E-state index in [0.717, 1.165) is 51.6 Å². The number of aryl methyl sites for hydroxylation is 1. The molecule has 0 radical (unpaired) electrons. The summed E-state index contributed by atoms with van der Waals surface area (Å²) >= 11 is 0. The standard InChI is InChI=1S/C24H39N5O/c1-5-29-14-12-25-24(29)20-28(16-15-26(2)3)18-21-9-8-13-27(17-21)19-22-10-6-7-11-23(22)30-4/h6-7,10-12,14,21H,5,8-9,13,15-20H2,1-4H3/t21-/m1/s1. The second kappa shape index (κ2) is 11.5. The Morgan fingerprint density at radius 2 is 2.03 bits per heavy atom. The van der Waals surface area contributed by atoms with E-state index in [4.69, 9.17) is 4.74 Å². The topological polar surface area (TPSA) is 36.8 Å². The molecule has 166 valence electrons. The number of hydrogen-bond acceptors (Lipinski definition) is 5. The van der Waals surface area contributed by atoms with Crippen molar-refractivity contribution in [3.05, 3.63) is 48.0 Å². The summed E-state index contributed by atoms with van der Waals surface area (Å²) in [7, 11) is 6.07. The van der Waals surface area contributed by atoms with Crippen LogP contribution >= 0.6 is 0 Å². The average molecular weight is 414 g/mol. The first-order valence-electron chi connectivity index (χ1n) is 11.3. The van der Waals surface area contributed by atoms with Crippen LogP contribution in [0.25, 0.3) is 0 Å². The number of para-hydroxylation sites is 1. The highest BCUT2D eigenvalue weighted by Gasteiger charge is 2.23. The minimum atomic E-state index is 0.695. The molecule has 1 aliphatic rings. The number of methoxy groups -OCH3 is 1. The average Bonchev–Trinajstić information content (AvgIpc) is 3.20. The number of aromatic nitrogens is 2. The van der Waals surface area contributed by atoms with Crippen LogP contribution in [0.15, 0.2) is 36.7 Å². The largest absolute Gasteiger partial charge is 0.496 e. The molecule has 0 bridgehead atoms. The predicted octanol–water partition coefficient (Wildman–Crippen LogP) is 3.19. The summed E-state index contributed by atoms with van der Waals surface area (Å²) in [6.07, 6.45) is 6.60. The number of ether oxygens (including phenoxy) is 1. The number of benzene rings is 1. The normalized spacial score (nSPS) is 17.7. The summed E-state index contributed by atoms with van der Waals surface area (Å²) in [5.74, 6) is 2.87. The van der Waals surface area contributed by atoms with Crippen molar-refractivity contribution in [3.63, 3.8) is 0 Å². The van der Waals surface area contributed by atoms with Crippen molar-refractivity contribution < 1.29 is 4.74 Å². The molecule has 1 fully saturated rings. The monoisotopic (exact) mass is 413 g/mol. The molecular weight excluding hydrogens is 374 g/mol. The highest BCUT2D eigenvalue weighted by Crippen LogP contribution is 2.24. The smallest absolute Gasteiger partial charge is 0.123 e. The third-order valence-electron chi connectivity index (χ3n) is 6.08. The predicted molar refractivity (Wildman–Crippen MR) is 123 cm³/mol. The molecule has 1 atom stereocenters. The highest BCUT2D eigenvalue weighted by molar-refractivity contribution is 5.33. The number of imidazole rings is 1. The van der Waals surface area contributed by atoms with Gasteiger partial charge in [0, 0.05) is 57.2 Å². The molecule has 1 aromatic heterocycles. The van der Waals surface area contributed by atoms with Gasteiger partial charge in [-0.15, -0.1) is 0 Å². The molecule has 30 heavy (non-hydrogen) atoms. The molecule has 3 rings (SSSR count). The molecule has 6 nitrogen and oxygen atoms in total. The maximum absolute atomic E-state index is 5.56. The molecule has 0 unspecified atom stereocenters. The fraction of sp³-hybridized carbons (Fsp3) is 0.625. The lowest BCUT2D eigenvalue weighted by molar-refractivity contribution is 0.118. The van der Waals surface area contributed by atoms with Crippen LogP contribution in [0, 0.1) is 5.92 Å². The van der Waals surface area contributed by atoms with E-state index < -0.39 is 0 Å². The van der Waals surface area contributed by atoms with Gasteiger partial charge in [0.2, 0.25) is 0 Å². The lowest BCUT2D eigenvalue weighted by Gasteiger charge is -2.36. The zero-order valence-electron chi connectivity index (χ0n) is 19.3. The van der Waals surface area contributed by atoms with Crippen molar-refractivity contribution in [2.24, 2.45) is 5.92 Å². The SMILES string of the molecule is CCn1ccnc1CN(CCN(C)C)C[C@@H]1CCCN(Cc2ccccc2OC)C1. The van der Waals surface area contributed by atoms with E-state index in [-0.39, 0.29) is 0 Å². The molecule has 2 aromatic rings. The van der Waals surface area contributed by atoms with Crippen LogP contribution in [-0.4, -0.2) is 78.2 Å². The molecule has 0 amide bonds. The molecular formula is C24H39N5O. The highest BCUT2D eigenvalue weighted by atomic mass is 16.5. The summed E-state index contributed by atoms with van der Waals surface area (Å²) < 4.78 is 7.83. The van der Waals surface area contributed by atoms with E-state index in [1.54, 1.807) is 7.11 Å². The zero-order valence-corrected chi connectivity index (χ0v) is 19.3. The van der Waals surface area contributed by atoms with Crippen LogP contribution < -0.4 is 4.74 Å². The Hall–Kier alpha value is -1.89. The minimum Gasteiger partial charge on any atom is -0.496 e. The first kappa shape index (κ1) is 22.8. The Morgan fingerprint density at radius 1 is 1.20 bits per heavy atom. The van der Waals surface area contributed by atoms with Gasteiger partial charge in [-0.25, -0.2) is 4.98 Å². The number of rotatable bonds is 11. The quantitative estimate of drug-likeness (QED) is 0.566. The third kappa shape index (κ3) is 6.56. The second-order valence-corrected chi connectivity index (χ2v) is 8.72. The number of likely N-dealkylation sites (tertiary alicyclic amines) is 1. The van der Waals surface area contributed by atoms with Gasteiger partial charge in [-0.05, 0) is 52.4 Å². The van der Waals surface area contributed by atoms with Crippen molar-refractivity contribution in [1.82, 2.24) is 24.3 Å².